The standard InChI is InChI=1S/C26H26N2O5/c1-14-23-24(17-7-5-6-8-20(17)30-2)25-18(27-26(23)33-28-14)11-16(12-19(25)29)15-9-10-21(31-3)22(13-15)32-4/h5-10,13,16,24,27H,11-12H2,1-4H3/t16-,24-/m0/s1. The number of carbonyl (C=O) groups excluding carboxylic acids is 1. The average molecular weight is 447 g/mol. The summed E-state index contributed by atoms with van der Waals surface area (Å²) in [4.78, 5) is 13.7. The maximum atomic E-state index is 13.7. The zero-order valence-corrected chi connectivity index (χ0v) is 19.1. The Morgan fingerprint density at radius 3 is 2.48 bits per heavy atom. The van der Waals surface area contributed by atoms with E-state index in [0.717, 1.165) is 39.4 Å². The molecule has 2 aliphatic rings. The van der Waals surface area contributed by atoms with Crippen molar-refractivity contribution in [1.82, 2.24) is 5.16 Å². The molecule has 0 unspecified atom stereocenters. The van der Waals surface area contributed by atoms with Crippen molar-refractivity contribution in [3.05, 3.63) is 76.1 Å². The lowest BCUT2D eigenvalue weighted by atomic mass is 9.72. The highest BCUT2D eigenvalue weighted by atomic mass is 16.5. The summed E-state index contributed by atoms with van der Waals surface area (Å²) in [5.74, 6) is 2.45. The van der Waals surface area contributed by atoms with Gasteiger partial charge in [-0.2, -0.15) is 0 Å². The third-order valence-electron chi connectivity index (χ3n) is 6.59. The Morgan fingerprint density at radius 1 is 0.970 bits per heavy atom. The number of hydrogen-bond acceptors (Lipinski definition) is 7. The smallest absolute Gasteiger partial charge is 0.233 e. The molecule has 5 rings (SSSR count). The first kappa shape index (κ1) is 21.1. The number of rotatable bonds is 5. The van der Waals surface area contributed by atoms with Crippen molar-refractivity contribution >= 4 is 11.7 Å². The van der Waals surface area contributed by atoms with Crippen LogP contribution in [0.15, 0.2) is 58.3 Å². The van der Waals surface area contributed by atoms with Gasteiger partial charge in [-0.25, -0.2) is 0 Å². The molecule has 7 heteroatoms. The molecule has 0 bridgehead atoms. The fourth-order valence-corrected chi connectivity index (χ4v) is 5.03. The van der Waals surface area contributed by atoms with Crippen LogP contribution in [-0.2, 0) is 4.79 Å². The van der Waals surface area contributed by atoms with E-state index >= 15 is 0 Å². The lowest BCUT2D eigenvalue weighted by Gasteiger charge is -2.35. The first-order chi connectivity index (χ1) is 16.0. The van der Waals surface area contributed by atoms with Gasteiger partial charge in [0.1, 0.15) is 5.75 Å². The SMILES string of the molecule is COc1ccc([C@@H]2CC(=O)C3=C(C2)Nc2onc(C)c2[C@@H]3c2ccccc2OC)cc1OC. The van der Waals surface area contributed by atoms with Crippen LogP contribution in [0, 0.1) is 6.92 Å². The van der Waals surface area contributed by atoms with Gasteiger partial charge in [-0.3, -0.25) is 4.79 Å². The van der Waals surface area contributed by atoms with E-state index in [1.54, 1.807) is 21.3 Å². The number of ketones is 1. The average Bonchev–Trinajstić information content (AvgIpc) is 3.22. The molecule has 0 fully saturated rings. The van der Waals surface area contributed by atoms with Gasteiger partial charge in [0, 0.05) is 23.3 Å². The Labute approximate surface area is 192 Å². The highest BCUT2D eigenvalue weighted by Crippen LogP contribution is 2.51. The van der Waals surface area contributed by atoms with Crippen LogP contribution in [0.2, 0.25) is 0 Å². The van der Waals surface area contributed by atoms with E-state index < -0.39 is 0 Å². The fraction of sp³-hybridized carbons (Fsp3) is 0.308. The van der Waals surface area contributed by atoms with Crippen molar-refractivity contribution in [1.29, 1.82) is 0 Å². The van der Waals surface area contributed by atoms with Crippen molar-refractivity contribution < 1.29 is 23.5 Å². The predicted molar refractivity (Wildman–Crippen MR) is 123 cm³/mol. The van der Waals surface area contributed by atoms with Crippen molar-refractivity contribution in [3.63, 3.8) is 0 Å². The van der Waals surface area contributed by atoms with Gasteiger partial charge in [-0.1, -0.05) is 29.4 Å². The van der Waals surface area contributed by atoms with Gasteiger partial charge >= 0.3 is 0 Å². The minimum atomic E-state index is -0.294. The molecule has 1 aliphatic carbocycles. The van der Waals surface area contributed by atoms with E-state index in [2.05, 4.69) is 10.5 Å². The number of aromatic nitrogens is 1. The largest absolute Gasteiger partial charge is 0.496 e. The van der Waals surface area contributed by atoms with Crippen molar-refractivity contribution in [2.75, 3.05) is 26.6 Å². The number of hydrogen-bond donors (Lipinski definition) is 1. The van der Waals surface area contributed by atoms with E-state index in [9.17, 15) is 4.79 Å². The Balaban J connectivity index is 1.60. The molecule has 2 aromatic carbocycles. The summed E-state index contributed by atoms with van der Waals surface area (Å²) < 4.78 is 22.1. The second-order valence-corrected chi connectivity index (χ2v) is 8.35. The molecule has 0 spiro atoms. The molecule has 0 saturated heterocycles. The van der Waals surface area contributed by atoms with Crippen LogP contribution >= 0.6 is 0 Å². The highest BCUT2D eigenvalue weighted by Gasteiger charge is 2.42. The summed E-state index contributed by atoms with van der Waals surface area (Å²) in [5.41, 5.74) is 5.23. The van der Waals surface area contributed by atoms with Crippen LogP contribution in [0.25, 0.3) is 0 Å². The molecule has 1 N–H and O–H groups in total. The number of benzene rings is 2. The molecule has 170 valence electrons. The van der Waals surface area contributed by atoms with E-state index in [4.69, 9.17) is 18.7 Å². The van der Waals surface area contributed by atoms with Crippen LogP contribution in [0.5, 0.6) is 17.2 Å². The van der Waals surface area contributed by atoms with Crippen LogP contribution in [0.1, 0.15) is 47.1 Å². The number of methoxy groups -OCH3 is 3. The Hall–Kier alpha value is -3.74. The Bertz CT molecular complexity index is 1260. The van der Waals surface area contributed by atoms with E-state index in [-0.39, 0.29) is 17.6 Å². The molecule has 1 aromatic heterocycles. The van der Waals surface area contributed by atoms with E-state index in [0.29, 0.717) is 30.2 Å². The zero-order valence-electron chi connectivity index (χ0n) is 19.1. The monoisotopic (exact) mass is 446 g/mol. The molecule has 0 amide bonds. The molecule has 7 nitrogen and oxygen atoms in total. The summed E-state index contributed by atoms with van der Waals surface area (Å²) in [6, 6.07) is 13.6. The van der Waals surface area contributed by atoms with Gasteiger partial charge in [0.05, 0.1) is 38.5 Å². The zero-order chi connectivity index (χ0) is 23.1. The number of aryl methyl sites for hydroxylation is 1. The maximum absolute atomic E-state index is 13.7. The number of para-hydroxylation sites is 1. The van der Waals surface area contributed by atoms with Gasteiger partial charge < -0.3 is 24.1 Å². The van der Waals surface area contributed by atoms with Crippen molar-refractivity contribution in [2.45, 2.75) is 31.6 Å². The maximum Gasteiger partial charge on any atom is 0.233 e. The number of ether oxygens (including phenoxy) is 3. The van der Waals surface area contributed by atoms with Gasteiger partial charge in [-0.05, 0) is 43.0 Å². The molecule has 2 heterocycles. The van der Waals surface area contributed by atoms with Gasteiger partial charge in [0.2, 0.25) is 5.88 Å². The third kappa shape index (κ3) is 3.44. The second-order valence-electron chi connectivity index (χ2n) is 8.35. The predicted octanol–water partition coefficient (Wildman–Crippen LogP) is 4.97. The van der Waals surface area contributed by atoms with Crippen molar-refractivity contribution in [3.8, 4) is 17.2 Å². The number of nitrogens with one attached hydrogen (secondary N) is 1. The van der Waals surface area contributed by atoms with Gasteiger partial charge in [0.25, 0.3) is 0 Å². The number of carbonyl (C=O) groups is 1. The first-order valence-electron chi connectivity index (χ1n) is 10.9. The molecule has 33 heavy (non-hydrogen) atoms. The van der Waals surface area contributed by atoms with E-state index in [1.807, 2.05) is 49.4 Å². The van der Waals surface area contributed by atoms with Crippen LogP contribution in [0.3, 0.4) is 0 Å². The third-order valence-corrected chi connectivity index (χ3v) is 6.59. The van der Waals surface area contributed by atoms with Crippen LogP contribution in [0.4, 0.5) is 5.88 Å². The summed E-state index contributed by atoms with van der Waals surface area (Å²) in [6.45, 7) is 1.90. The second kappa shape index (κ2) is 8.31. The molecule has 0 radical (unpaired) electrons. The number of Topliss-reactive ketones (excluding diaryl/α,β-unsaturated/α-hetero) is 1. The van der Waals surface area contributed by atoms with Crippen LogP contribution < -0.4 is 19.5 Å². The lowest BCUT2D eigenvalue weighted by molar-refractivity contribution is -0.116. The summed E-state index contributed by atoms with van der Waals surface area (Å²) in [5, 5.41) is 7.56. The van der Waals surface area contributed by atoms with Gasteiger partial charge in [0.15, 0.2) is 17.3 Å². The molecular weight excluding hydrogens is 420 g/mol. The van der Waals surface area contributed by atoms with Crippen LogP contribution in [-0.4, -0.2) is 32.3 Å². The Morgan fingerprint density at radius 2 is 1.73 bits per heavy atom. The molecule has 3 aromatic rings. The molecule has 1 aliphatic heterocycles. The Kier molecular flexibility index (Phi) is 5.32. The summed E-state index contributed by atoms with van der Waals surface area (Å²) in [7, 11) is 4.87. The summed E-state index contributed by atoms with van der Waals surface area (Å²) in [6.07, 6.45) is 1.07. The summed E-state index contributed by atoms with van der Waals surface area (Å²) >= 11 is 0. The van der Waals surface area contributed by atoms with Crippen molar-refractivity contribution in [2.24, 2.45) is 0 Å². The normalized spacial score (nSPS) is 19.5. The molecular formula is C26H26N2O5. The number of nitrogens with zero attached hydrogens (tertiary/aromatic N) is 1. The molecule has 2 atom stereocenters. The fourth-order valence-electron chi connectivity index (χ4n) is 5.03. The first-order valence-corrected chi connectivity index (χ1v) is 10.9. The quantitative estimate of drug-likeness (QED) is 0.593. The lowest BCUT2D eigenvalue weighted by Crippen LogP contribution is -2.29. The number of allylic oxidation sites excluding steroid dienone is 2. The highest BCUT2D eigenvalue weighted by molar-refractivity contribution is 6.01. The molecule has 0 saturated carbocycles. The van der Waals surface area contributed by atoms with Gasteiger partial charge in [-0.15, -0.1) is 0 Å². The number of anilines is 1. The van der Waals surface area contributed by atoms with E-state index in [1.165, 1.54) is 0 Å². The number of fused-ring (bicyclic) bond motifs is 1. The minimum absolute atomic E-state index is 0.00689. The minimum Gasteiger partial charge on any atom is -0.496 e. The topological polar surface area (TPSA) is 82.8 Å².